The van der Waals surface area contributed by atoms with Crippen molar-refractivity contribution in [2.45, 2.75) is 0 Å². The third kappa shape index (κ3) is 4.43. The van der Waals surface area contributed by atoms with Gasteiger partial charge in [0.2, 0.25) is 0 Å². The average Bonchev–Trinajstić information content (AvgIpc) is 3.01. The quantitative estimate of drug-likeness (QED) is 0.550. The maximum atomic E-state index is 12.6. The first-order valence-electron chi connectivity index (χ1n) is 8.63. The molecule has 8 heteroatoms. The Morgan fingerprint density at radius 1 is 1.03 bits per heavy atom. The molecule has 1 aliphatic rings. The summed E-state index contributed by atoms with van der Waals surface area (Å²) < 4.78 is 15.2. The van der Waals surface area contributed by atoms with E-state index in [0.29, 0.717) is 32.8 Å². The zero-order chi connectivity index (χ0) is 21.0. The summed E-state index contributed by atoms with van der Waals surface area (Å²) in [5.41, 5.74) is 1.89. The molecule has 0 spiro atoms. The van der Waals surface area contributed by atoms with Gasteiger partial charge < -0.3 is 14.2 Å². The molecule has 0 radical (unpaired) electrons. The molecule has 29 heavy (non-hydrogen) atoms. The summed E-state index contributed by atoms with van der Waals surface area (Å²) in [5.74, 6) is 0.654. The summed E-state index contributed by atoms with van der Waals surface area (Å²) in [4.78, 5) is 30.7. The number of carbonyl (C=O) groups is 2. The highest BCUT2D eigenvalue weighted by Crippen LogP contribution is 2.35. The van der Waals surface area contributed by atoms with Crippen molar-refractivity contribution in [3.8, 4) is 11.5 Å². The lowest BCUT2D eigenvalue weighted by Gasteiger charge is -2.08. The SMILES string of the molecule is COC(=O)c1ccc(N=C2SC(=Cc3ccc(OC)c(OC)c3)C(=O)N2C)cc1. The predicted molar refractivity (Wildman–Crippen MR) is 113 cm³/mol. The Morgan fingerprint density at radius 2 is 1.72 bits per heavy atom. The molecule has 150 valence electrons. The Balaban J connectivity index is 1.84. The van der Waals surface area contributed by atoms with Gasteiger partial charge in [0.1, 0.15) is 0 Å². The van der Waals surface area contributed by atoms with Crippen molar-refractivity contribution in [3.63, 3.8) is 0 Å². The zero-order valence-electron chi connectivity index (χ0n) is 16.5. The third-order valence-corrected chi connectivity index (χ3v) is 5.28. The number of carbonyl (C=O) groups excluding carboxylic acids is 2. The fourth-order valence-corrected chi connectivity index (χ4v) is 3.63. The Morgan fingerprint density at radius 3 is 2.34 bits per heavy atom. The molecule has 0 unspecified atom stereocenters. The van der Waals surface area contributed by atoms with E-state index in [0.717, 1.165) is 5.56 Å². The highest BCUT2D eigenvalue weighted by molar-refractivity contribution is 8.18. The molecule has 0 aliphatic carbocycles. The van der Waals surface area contributed by atoms with Gasteiger partial charge in [0.15, 0.2) is 16.7 Å². The van der Waals surface area contributed by atoms with Crippen molar-refractivity contribution >= 4 is 40.6 Å². The van der Waals surface area contributed by atoms with Crippen LogP contribution in [0.25, 0.3) is 6.08 Å². The van der Waals surface area contributed by atoms with Gasteiger partial charge in [-0.25, -0.2) is 9.79 Å². The number of hydrogen-bond donors (Lipinski definition) is 0. The van der Waals surface area contributed by atoms with E-state index >= 15 is 0 Å². The fraction of sp³-hybridized carbons (Fsp3) is 0.190. The van der Waals surface area contributed by atoms with E-state index in [2.05, 4.69) is 9.73 Å². The molecule has 0 N–H and O–H groups in total. The van der Waals surface area contributed by atoms with E-state index in [1.54, 1.807) is 63.7 Å². The summed E-state index contributed by atoms with van der Waals surface area (Å²) in [5, 5.41) is 0.549. The minimum absolute atomic E-state index is 0.144. The lowest BCUT2D eigenvalue weighted by atomic mass is 10.2. The number of amides is 1. The van der Waals surface area contributed by atoms with E-state index in [9.17, 15) is 9.59 Å². The van der Waals surface area contributed by atoms with Crippen LogP contribution in [0.3, 0.4) is 0 Å². The molecule has 2 aromatic carbocycles. The Labute approximate surface area is 173 Å². The smallest absolute Gasteiger partial charge is 0.337 e. The first-order chi connectivity index (χ1) is 14.0. The van der Waals surface area contributed by atoms with E-state index in [-0.39, 0.29) is 5.91 Å². The standard InChI is InChI=1S/C21H20N2O5S/c1-23-19(24)18(12-13-5-10-16(26-2)17(11-13)27-3)29-21(23)22-15-8-6-14(7-9-15)20(25)28-4/h5-12H,1-4H3. The number of esters is 1. The predicted octanol–water partition coefficient (Wildman–Crippen LogP) is 3.72. The maximum absolute atomic E-state index is 12.6. The normalized spacial score (nSPS) is 16.4. The molecule has 1 amide bonds. The number of likely N-dealkylation sites (N-methyl/N-ethyl adjacent to an activating group) is 1. The largest absolute Gasteiger partial charge is 0.493 e. The summed E-state index contributed by atoms with van der Waals surface area (Å²) in [6.07, 6.45) is 1.79. The van der Waals surface area contributed by atoms with Crippen LogP contribution in [0.15, 0.2) is 52.4 Å². The number of thioether (sulfide) groups is 1. The van der Waals surface area contributed by atoms with E-state index in [1.807, 2.05) is 6.07 Å². The van der Waals surface area contributed by atoms with Crippen molar-refractivity contribution in [2.75, 3.05) is 28.4 Å². The van der Waals surface area contributed by atoms with E-state index in [4.69, 9.17) is 9.47 Å². The molecule has 1 heterocycles. The molecular weight excluding hydrogens is 392 g/mol. The fourth-order valence-electron chi connectivity index (χ4n) is 2.65. The molecule has 7 nitrogen and oxygen atoms in total. The second-order valence-corrected chi connectivity index (χ2v) is 7.03. The third-order valence-electron chi connectivity index (χ3n) is 4.22. The molecule has 0 saturated carbocycles. The van der Waals surface area contributed by atoms with Crippen LogP contribution in [0.1, 0.15) is 15.9 Å². The molecule has 0 atom stereocenters. The minimum atomic E-state index is -0.410. The molecule has 0 aromatic heterocycles. The molecule has 3 rings (SSSR count). The van der Waals surface area contributed by atoms with E-state index < -0.39 is 5.97 Å². The molecule has 1 fully saturated rings. The van der Waals surface area contributed by atoms with Gasteiger partial charge in [-0.3, -0.25) is 9.69 Å². The second kappa shape index (κ2) is 8.83. The zero-order valence-corrected chi connectivity index (χ0v) is 17.3. The highest BCUT2D eigenvalue weighted by Gasteiger charge is 2.30. The van der Waals surface area contributed by atoms with Crippen molar-refractivity contribution in [1.82, 2.24) is 4.90 Å². The number of ether oxygens (including phenoxy) is 3. The van der Waals surface area contributed by atoms with Gasteiger partial charge in [-0.2, -0.15) is 0 Å². The van der Waals surface area contributed by atoms with Crippen molar-refractivity contribution in [3.05, 3.63) is 58.5 Å². The van der Waals surface area contributed by atoms with Gasteiger partial charge in [-0.1, -0.05) is 6.07 Å². The van der Waals surface area contributed by atoms with Crippen molar-refractivity contribution < 1.29 is 23.8 Å². The average molecular weight is 412 g/mol. The molecule has 2 aromatic rings. The van der Waals surface area contributed by atoms with Crippen molar-refractivity contribution in [1.29, 1.82) is 0 Å². The Kier molecular flexibility index (Phi) is 6.23. The van der Waals surface area contributed by atoms with Crippen LogP contribution in [0.5, 0.6) is 11.5 Å². The first-order valence-corrected chi connectivity index (χ1v) is 9.45. The van der Waals surface area contributed by atoms with Crippen molar-refractivity contribution in [2.24, 2.45) is 4.99 Å². The van der Waals surface area contributed by atoms with Crippen LogP contribution < -0.4 is 9.47 Å². The van der Waals surface area contributed by atoms with Crippen LogP contribution in [-0.2, 0) is 9.53 Å². The van der Waals surface area contributed by atoms with Gasteiger partial charge in [0.25, 0.3) is 5.91 Å². The summed E-state index contributed by atoms with van der Waals surface area (Å²) in [6.45, 7) is 0. The van der Waals surface area contributed by atoms with Crippen LogP contribution >= 0.6 is 11.8 Å². The Hall–Kier alpha value is -3.26. The molecular formula is C21H20N2O5S. The van der Waals surface area contributed by atoms with Gasteiger partial charge in [-0.15, -0.1) is 0 Å². The van der Waals surface area contributed by atoms with Crippen LogP contribution in [-0.4, -0.2) is 50.3 Å². The Bertz CT molecular complexity index is 999. The number of nitrogens with zero attached hydrogens (tertiary/aromatic N) is 2. The number of hydrogen-bond acceptors (Lipinski definition) is 7. The summed E-state index contributed by atoms with van der Waals surface area (Å²) in [6, 6.07) is 12.1. The topological polar surface area (TPSA) is 77.4 Å². The van der Waals surface area contributed by atoms with Crippen LogP contribution in [0, 0.1) is 0 Å². The molecule has 1 saturated heterocycles. The first kappa shape index (κ1) is 20.5. The van der Waals surface area contributed by atoms with E-state index in [1.165, 1.54) is 23.8 Å². The monoisotopic (exact) mass is 412 g/mol. The molecule has 1 aliphatic heterocycles. The van der Waals surface area contributed by atoms with Gasteiger partial charge in [-0.05, 0) is 59.8 Å². The number of methoxy groups -OCH3 is 3. The minimum Gasteiger partial charge on any atom is -0.493 e. The molecule has 0 bridgehead atoms. The summed E-state index contributed by atoms with van der Waals surface area (Å²) in [7, 11) is 6.14. The number of aliphatic imine (C=N–C) groups is 1. The van der Waals surface area contributed by atoms with Crippen LogP contribution in [0.4, 0.5) is 5.69 Å². The highest BCUT2D eigenvalue weighted by atomic mass is 32.2. The number of rotatable bonds is 5. The lowest BCUT2D eigenvalue weighted by molar-refractivity contribution is -0.121. The maximum Gasteiger partial charge on any atom is 0.337 e. The lowest BCUT2D eigenvalue weighted by Crippen LogP contribution is -2.23. The van der Waals surface area contributed by atoms with Gasteiger partial charge in [0.05, 0.1) is 37.5 Å². The van der Waals surface area contributed by atoms with Gasteiger partial charge in [0, 0.05) is 7.05 Å². The van der Waals surface area contributed by atoms with Crippen LogP contribution in [0.2, 0.25) is 0 Å². The number of benzene rings is 2. The number of amidine groups is 1. The second-order valence-electron chi connectivity index (χ2n) is 6.02. The van der Waals surface area contributed by atoms with Gasteiger partial charge >= 0.3 is 5.97 Å². The summed E-state index contributed by atoms with van der Waals surface area (Å²) >= 11 is 1.28.